The summed E-state index contributed by atoms with van der Waals surface area (Å²) in [5.74, 6) is -2.68. The van der Waals surface area contributed by atoms with Gasteiger partial charge in [-0.05, 0) is 19.1 Å². The minimum absolute atomic E-state index is 0. The monoisotopic (exact) mass is 306 g/mol. The Kier molecular flexibility index (Phi) is 5.86. The van der Waals surface area contributed by atoms with E-state index in [0.717, 1.165) is 6.07 Å². The van der Waals surface area contributed by atoms with Crippen molar-refractivity contribution in [3.8, 4) is 0 Å². The second kappa shape index (κ2) is 6.97. The number of morpholine rings is 1. The van der Waals surface area contributed by atoms with E-state index in [1.54, 1.807) is 6.92 Å². The van der Waals surface area contributed by atoms with E-state index in [9.17, 15) is 13.6 Å². The van der Waals surface area contributed by atoms with Crippen molar-refractivity contribution in [3.05, 3.63) is 35.4 Å². The lowest BCUT2D eigenvalue weighted by Crippen LogP contribution is -2.51. The molecule has 1 amide bonds. The molecule has 1 aromatic carbocycles. The van der Waals surface area contributed by atoms with E-state index >= 15 is 0 Å². The molecule has 2 atom stereocenters. The molecule has 20 heavy (non-hydrogen) atoms. The molecule has 2 unspecified atom stereocenters. The molecular weight excluding hydrogens is 290 g/mol. The average Bonchev–Trinajstić information content (AvgIpc) is 2.41. The second-order valence-electron chi connectivity index (χ2n) is 4.62. The largest absolute Gasteiger partial charge is 0.373 e. The molecule has 0 spiro atoms. The van der Waals surface area contributed by atoms with Crippen LogP contribution in [0.4, 0.5) is 8.78 Å². The van der Waals surface area contributed by atoms with Gasteiger partial charge in [0.2, 0.25) is 0 Å². The molecule has 4 nitrogen and oxygen atoms in total. The maximum Gasteiger partial charge on any atom is 0.257 e. The molecule has 1 aromatic rings. The molecule has 0 radical (unpaired) electrons. The Morgan fingerprint density at radius 1 is 1.50 bits per heavy atom. The fourth-order valence-electron chi connectivity index (χ4n) is 2.02. The zero-order chi connectivity index (χ0) is 14.0. The Balaban J connectivity index is 0.00000200. The van der Waals surface area contributed by atoms with Gasteiger partial charge in [-0.15, -0.1) is 12.4 Å². The van der Waals surface area contributed by atoms with Crippen LogP contribution in [-0.2, 0) is 4.74 Å². The Labute approximate surface area is 122 Å². The number of carbonyl (C=O) groups is 1. The lowest BCUT2D eigenvalue weighted by Gasteiger charge is -2.34. The van der Waals surface area contributed by atoms with Gasteiger partial charge in [-0.25, -0.2) is 8.78 Å². The number of hydrogen-bond donors (Lipinski definition) is 1. The smallest absolute Gasteiger partial charge is 0.257 e. The van der Waals surface area contributed by atoms with Crippen LogP contribution in [0.1, 0.15) is 17.3 Å². The standard InChI is InChI=1S/C13H16F2N2O2.ClH/c1-8(16)11-7-17(5-6-19-11)13(18)9-3-2-4-10(14)12(9)15;/h2-4,8,11H,5-7,16H2,1H3;1H. The fourth-order valence-corrected chi connectivity index (χ4v) is 2.02. The third-order valence-electron chi connectivity index (χ3n) is 3.15. The van der Waals surface area contributed by atoms with Crippen molar-refractivity contribution in [1.29, 1.82) is 0 Å². The Morgan fingerprint density at radius 2 is 2.20 bits per heavy atom. The van der Waals surface area contributed by atoms with Crippen molar-refractivity contribution < 1.29 is 18.3 Å². The summed E-state index contributed by atoms with van der Waals surface area (Å²) in [4.78, 5) is 13.6. The number of ether oxygens (including phenoxy) is 1. The third kappa shape index (κ3) is 3.45. The number of benzene rings is 1. The lowest BCUT2D eigenvalue weighted by atomic mass is 10.1. The number of amides is 1. The molecule has 0 bridgehead atoms. The van der Waals surface area contributed by atoms with Crippen LogP contribution in [-0.4, -0.2) is 42.6 Å². The van der Waals surface area contributed by atoms with Gasteiger partial charge in [0, 0.05) is 19.1 Å². The first-order chi connectivity index (χ1) is 9.00. The zero-order valence-corrected chi connectivity index (χ0v) is 11.8. The number of hydrogen-bond acceptors (Lipinski definition) is 3. The number of nitrogens with two attached hydrogens (primary N) is 1. The van der Waals surface area contributed by atoms with Crippen LogP contribution < -0.4 is 5.73 Å². The van der Waals surface area contributed by atoms with Gasteiger partial charge in [0.15, 0.2) is 11.6 Å². The van der Waals surface area contributed by atoms with Gasteiger partial charge in [-0.3, -0.25) is 4.79 Å². The molecule has 0 saturated carbocycles. The normalized spacial score (nSPS) is 20.2. The summed E-state index contributed by atoms with van der Waals surface area (Å²) in [6, 6.07) is 3.34. The number of carbonyl (C=O) groups excluding carboxylic acids is 1. The van der Waals surface area contributed by atoms with Crippen LogP contribution >= 0.6 is 12.4 Å². The summed E-state index contributed by atoms with van der Waals surface area (Å²) in [5, 5.41) is 0. The molecule has 1 saturated heterocycles. The fraction of sp³-hybridized carbons (Fsp3) is 0.462. The molecule has 1 aliphatic heterocycles. The van der Waals surface area contributed by atoms with E-state index in [1.807, 2.05) is 0 Å². The van der Waals surface area contributed by atoms with Crippen LogP contribution in [0.5, 0.6) is 0 Å². The van der Waals surface area contributed by atoms with Crippen molar-refractivity contribution in [3.63, 3.8) is 0 Å². The van der Waals surface area contributed by atoms with Gasteiger partial charge in [-0.1, -0.05) is 6.07 Å². The van der Waals surface area contributed by atoms with Gasteiger partial charge < -0.3 is 15.4 Å². The van der Waals surface area contributed by atoms with Gasteiger partial charge in [0.05, 0.1) is 18.3 Å². The first-order valence-corrected chi connectivity index (χ1v) is 6.11. The van der Waals surface area contributed by atoms with E-state index in [0.29, 0.717) is 13.2 Å². The first kappa shape index (κ1) is 16.8. The van der Waals surface area contributed by atoms with Crippen molar-refractivity contribution in [2.24, 2.45) is 5.73 Å². The SMILES string of the molecule is CC(N)C1CN(C(=O)c2cccc(F)c2F)CCO1.Cl. The van der Waals surface area contributed by atoms with Gasteiger partial charge in [-0.2, -0.15) is 0 Å². The second-order valence-corrected chi connectivity index (χ2v) is 4.62. The summed E-state index contributed by atoms with van der Waals surface area (Å²) >= 11 is 0. The molecule has 0 aromatic heterocycles. The van der Waals surface area contributed by atoms with Crippen LogP contribution in [0.25, 0.3) is 0 Å². The molecule has 2 N–H and O–H groups in total. The predicted octanol–water partition coefficient (Wildman–Crippen LogP) is 1.57. The predicted molar refractivity (Wildman–Crippen MR) is 72.9 cm³/mol. The van der Waals surface area contributed by atoms with Crippen molar-refractivity contribution >= 4 is 18.3 Å². The van der Waals surface area contributed by atoms with Crippen molar-refractivity contribution in [1.82, 2.24) is 4.90 Å². The van der Waals surface area contributed by atoms with Crippen molar-refractivity contribution in [2.45, 2.75) is 19.1 Å². The maximum absolute atomic E-state index is 13.6. The Morgan fingerprint density at radius 3 is 2.85 bits per heavy atom. The highest BCUT2D eigenvalue weighted by molar-refractivity contribution is 5.94. The highest BCUT2D eigenvalue weighted by atomic mass is 35.5. The van der Waals surface area contributed by atoms with Crippen LogP contribution in [0.3, 0.4) is 0 Å². The first-order valence-electron chi connectivity index (χ1n) is 6.11. The summed E-state index contributed by atoms with van der Waals surface area (Å²) < 4.78 is 32.1. The summed E-state index contributed by atoms with van der Waals surface area (Å²) in [6.07, 6.45) is -0.283. The van der Waals surface area contributed by atoms with Gasteiger partial charge in [0.25, 0.3) is 5.91 Å². The summed E-state index contributed by atoms with van der Waals surface area (Å²) in [5.41, 5.74) is 5.47. The van der Waals surface area contributed by atoms with E-state index in [4.69, 9.17) is 10.5 Å². The van der Waals surface area contributed by atoms with Crippen LogP contribution in [0.15, 0.2) is 18.2 Å². The zero-order valence-electron chi connectivity index (χ0n) is 11.0. The molecular formula is C13H17ClF2N2O2. The third-order valence-corrected chi connectivity index (χ3v) is 3.15. The van der Waals surface area contributed by atoms with Crippen molar-refractivity contribution in [2.75, 3.05) is 19.7 Å². The highest BCUT2D eigenvalue weighted by Gasteiger charge is 2.28. The maximum atomic E-state index is 13.6. The van der Waals surface area contributed by atoms with E-state index in [-0.39, 0.29) is 36.7 Å². The summed E-state index contributed by atoms with van der Waals surface area (Å²) in [7, 11) is 0. The summed E-state index contributed by atoms with van der Waals surface area (Å²) in [6.45, 7) is 2.75. The van der Waals surface area contributed by atoms with Crippen LogP contribution in [0, 0.1) is 11.6 Å². The lowest BCUT2D eigenvalue weighted by molar-refractivity contribution is -0.0301. The molecule has 2 rings (SSSR count). The minimum Gasteiger partial charge on any atom is -0.373 e. The highest BCUT2D eigenvalue weighted by Crippen LogP contribution is 2.16. The van der Waals surface area contributed by atoms with Gasteiger partial charge in [0.1, 0.15) is 0 Å². The Bertz CT molecular complexity index is 485. The number of halogens is 3. The van der Waals surface area contributed by atoms with E-state index < -0.39 is 17.5 Å². The Hall–Kier alpha value is -1.24. The number of rotatable bonds is 2. The van der Waals surface area contributed by atoms with E-state index in [2.05, 4.69) is 0 Å². The van der Waals surface area contributed by atoms with E-state index in [1.165, 1.54) is 17.0 Å². The molecule has 1 fully saturated rings. The average molecular weight is 307 g/mol. The molecule has 0 aliphatic carbocycles. The molecule has 112 valence electrons. The molecule has 1 heterocycles. The van der Waals surface area contributed by atoms with Crippen LogP contribution in [0.2, 0.25) is 0 Å². The van der Waals surface area contributed by atoms with Gasteiger partial charge >= 0.3 is 0 Å². The molecule has 7 heteroatoms. The minimum atomic E-state index is -1.11. The number of nitrogens with zero attached hydrogens (tertiary/aromatic N) is 1. The molecule has 1 aliphatic rings. The quantitative estimate of drug-likeness (QED) is 0.902. The topological polar surface area (TPSA) is 55.6 Å².